The van der Waals surface area contributed by atoms with Gasteiger partial charge >= 0.3 is 0 Å². The number of nitrogens with zero attached hydrogens (tertiary/aromatic N) is 2. The van der Waals surface area contributed by atoms with Crippen molar-refractivity contribution in [2.75, 3.05) is 27.2 Å². The van der Waals surface area contributed by atoms with Gasteiger partial charge in [-0.25, -0.2) is 5.01 Å². The highest BCUT2D eigenvalue weighted by Gasteiger charge is 2.53. The first-order valence-corrected chi connectivity index (χ1v) is 10.3. The lowest BCUT2D eigenvalue weighted by Gasteiger charge is -2.49. The van der Waals surface area contributed by atoms with Crippen LogP contribution < -0.4 is 14.4 Å². The number of piperidine rings is 1. The number of fused-ring (bicyclic) bond motifs is 4. The fourth-order valence-corrected chi connectivity index (χ4v) is 4.77. The third-order valence-electron chi connectivity index (χ3n) is 6.27. The lowest BCUT2D eigenvalue weighted by Crippen LogP contribution is -3.11. The van der Waals surface area contributed by atoms with Gasteiger partial charge in [0.2, 0.25) is 5.72 Å². The van der Waals surface area contributed by atoms with E-state index in [2.05, 4.69) is 30.3 Å². The Kier molecular flexibility index (Phi) is 4.25. The molecule has 146 valence electrons. The number of nitrogens with one attached hydrogen (secondary N) is 1. The smallest absolute Gasteiger partial charge is 0.209 e. The Labute approximate surface area is 170 Å². The minimum absolute atomic E-state index is 0.169. The maximum Gasteiger partial charge on any atom is 0.209 e. The molecule has 0 unspecified atom stereocenters. The molecule has 2 aromatic rings. The van der Waals surface area contributed by atoms with Crippen LogP contribution in [-0.4, -0.2) is 43.7 Å². The SMILES string of the molecule is COc1cccc2c1OC1(CC[NH+](C)CC1)N1N=C(c3ccc(Cl)cc3)C[C@H]21. The molecule has 1 spiro atoms. The largest absolute Gasteiger partial charge is 0.493 e. The fourth-order valence-electron chi connectivity index (χ4n) is 4.65. The molecule has 3 aliphatic heterocycles. The van der Waals surface area contributed by atoms with Gasteiger partial charge in [0, 0.05) is 17.0 Å². The van der Waals surface area contributed by atoms with Crippen molar-refractivity contribution in [2.24, 2.45) is 5.10 Å². The number of halogens is 1. The molecule has 3 aliphatic rings. The molecule has 1 N–H and O–H groups in total. The summed E-state index contributed by atoms with van der Waals surface area (Å²) in [4.78, 5) is 1.54. The van der Waals surface area contributed by atoms with Crippen molar-refractivity contribution in [3.63, 3.8) is 0 Å². The van der Waals surface area contributed by atoms with Gasteiger partial charge in [-0.05, 0) is 23.8 Å². The number of ether oxygens (including phenoxy) is 2. The number of para-hydroxylation sites is 1. The summed E-state index contributed by atoms with van der Waals surface area (Å²) in [5.74, 6) is 1.70. The second-order valence-electron chi connectivity index (χ2n) is 8.00. The molecule has 1 fully saturated rings. The van der Waals surface area contributed by atoms with Gasteiger partial charge in [-0.3, -0.25) is 0 Å². The maximum atomic E-state index is 6.71. The number of rotatable bonds is 2. The minimum atomic E-state index is -0.403. The van der Waals surface area contributed by atoms with E-state index in [9.17, 15) is 0 Å². The van der Waals surface area contributed by atoms with Crippen molar-refractivity contribution in [1.82, 2.24) is 5.01 Å². The summed E-state index contributed by atoms with van der Waals surface area (Å²) in [5, 5.41) is 8.08. The first kappa shape index (κ1) is 17.8. The van der Waals surface area contributed by atoms with Crippen LogP contribution in [0.1, 0.15) is 36.4 Å². The Hall–Kier alpha value is -2.24. The summed E-state index contributed by atoms with van der Waals surface area (Å²) in [6.45, 7) is 2.14. The van der Waals surface area contributed by atoms with Crippen LogP contribution in [-0.2, 0) is 0 Å². The van der Waals surface area contributed by atoms with E-state index in [0.717, 1.165) is 65.7 Å². The zero-order chi connectivity index (χ0) is 19.3. The van der Waals surface area contributed by atoms with E-state index in [1.807, 2.05) is 24.3 Å². The molecule has 0 aromatic heterocycles. The molecule has 2 aromatic carbocycles. The summed E-state index contributed by atoms with van der Waals surface area (Å²) >= 11 is 6.08. The summed E-state index contributed by atoms with van der Waals surface area (Å²) < 4.78 is 12.3. The van der Waals surface area contributed by atoms with E-state index in [0.29, 0.717) is 0 Å². The van der Waals surface area contributed by atoms with E-state index in [-0.39, 0.29) is 6.04 Å². The number of benzene rings is 2. The topological polar surface area (TPSA) is 38.5 Å². The van der Waals surface area contributed by atoms with Gasteiger partial charge in [0.1, 0.15) is 0 Å². The van der Waals surface area contributed by atoms with E-state index < -0.39 is 5.72 Å². The number of hydrogen-bond acceptors (Lipinski definition) is 4. The fraction of sp³-hybridized carbons (Fsp3) is 0.409. The quantitative estimate of drug-likeness (QED) is 0.845. The molecular formula is C22H25ClN3O2+. The molecule has 0 radical (unpaired) electrons. The van der Waals surface area contributed by atoms with Crippen LogP contribution in [0.3, 0.4) is 0 Å². The molecule has 1 saturated heterocycles. The third-order valence-corrected chi connectivity index (χ3v) is 6.52. The number of methoxy groups -OCH3 is 1. The average molecular weight is 399 g/mol. The Morgan fingerprint density at radius 2 is 1.93 bits per heavy atom. The first-order chi connectivity index (χ1) is 13.6. The molecule has 0 saturated carbocycles. The summed E-state index contributed by atoms with van der Waals surface area (Å²) in [6, 6.07) is 14.3. The normalized spacial score (nSPS) is 28.4. The lowest BCUT2D eigenvalue weighted by atomic mass is 9.90. The predicted octanol–water partition coefficient (Wildman–Crippen LogP) is 2.90. The van der Waals surface area contributed by atoms with Crippen molar-refractivity contribution < 1.29 is 14.4 Å². The van der Waals surface area contributed by atoms with Crippen LogP contribution in [0.2, 0.25) is 5.02 Å². The number of hydrogen-bond donors (Lipinski definition) is 1. The zero-order valence-corrected chi connectivity index (χ0v) is 17.0. The van der Waals surface area contributed by atoms with Crippen LogP contribution in [0.25, 0.3) is 0 Å². The minimum Gasteiger partial charge on any atom is -0.493 e. The van der Waals surface area contributed by atoms with Gasteiger partial charge in [-0.2, -0.15) is 5.10 Å². The van der Waals surface area contributed by atoms with Gasteiger partial charge in [-0.1, -0.05) is 35.9 Å². The Morgan fingerprint density at radius 3 is 2.64 bits per heavy atom. The van der Waals surface area contributed by atoms with E-state index in [1.165, 1.54) is 4.90 Å². The number of hydrazone groups is 1. The number of quaternary nitrogens is 1. The van der Waals surface area contributed by atoms with Gasteiger partial charge < -0.3 is 14.4 Å². The molecule has 28 heavy (non-hydrogen) atoms. The highest BCUT2D eigenvalue weighted by Crippen LogP contribution is 2.52. The van der Waals surface area contributed by atoms with Crippen LogP contribution in [0.5, 0.6) is 11.5 Å². The van der Waals surface area contributed by atoms with Crippen molar-refractivity contribution in [1.29, 1.82) is 0 Å². The Bertz CT molecular complexity index is 920. The van der Waals surface area contributed by atoms with Gasteiger partial charge in [-0.15, -0.1) is 0 Å². The lowest BCUT2D eigenvalue weighted by molar-refractivity contribution is -0.888. The monoisotopic (exact) mass is 398 g/mol. The molecule has 0 aliphatic carbocycles. The highest BCUT2D eigenvalue weighted by atomic mass is 35.5. The molecule has 5 nitrogen and oxygen atoms in total. The molecule has 6 heteroatoms. The summed E-state index contributed by atoms with van der Waals surface area (Å²) in [5.41, 5.74) is 2.97. The third kappa shape index (κ3) is 2.76. The van der Waals surface area contributed by atoms with E-state index in [1.54, 1.807) is 7.11 Å². The van der Waals surface area contributed by atoms with Crippen molar-refractivity contribution in [3.05, 3.63) is 58.6 Å². The number of likely N-dealkylation sites (tertiary alicyclic amines) is 1. The van der Waals surface area contributed by atoms with Gasteiger partial charge in [0.05, 0.1) is 51.8 Å². The Morgan fingerprint density at radius 1 is 1.18 bits per heavy atom. The molecule has 0 bridgehead atoms. The van der Waals surface area contributed by atoms with Crippen LogP contribution in [0, 0.1) is 0 Å². The molecule has 0 amide bonds. The second kappa shape index (κ2) is 6.68. The molecule has 5 rings (SSSR count). The van der Waals surface area contributed by atoms with Crippen LogP contribution in [0.4, 0.5) is 0 Å². The van der Waals surface area contributed by atoms with Crippen molar-refractivity contribution >= 4 is 17.3 Å². The van der Waals surface area contributed by atoms with Gasteiger partial charge in [0.15, 0.2) is 11.5 Å². The summed E-state index contributed by atoms with van der Waals surface area (Å²) in [7, 11) is 3.95. The van der Waals surface area contributed by atoms with E-state index in [4.69, 9.17) is 26.2 Å². The Balaban J connectivity index is 1.60. The van der Waals surface area contributed by atoms with Crippen LogP contribution in [0.15, 0.2) is 47.6 Å². The average Bonchev–Trinajstić information content (AvgIpc) is 3.17. The molecule has 3 heterocycles. The first-order valence-electron chi connectivity index (χ1n) is 9.90. The maximum absolute atomic E-state index is 6.71. The molecular weight excluding hydrogens is 374 g/mol. The highest BCUT2D eigenvalue weighted by molar-refractivity contribution is 6.30. The molecule has 1 atom stereocenters. The zero-order valence-electron chi connectivity index (χ0n) is 16.2. The van der Waals surface area contributed by atoms with E-state index >= 15 is 0 Å². The van der Waals surface area contributed by atoms with Crippen LogP contribution >= 0.6 is 11.6 Å². The van der Waals surface area contributed by atoms with Crippen molar-refractivity contribution in [2.45, 2.75) is 31.0 Å². The standard InChI is InChI=1S/C22H24ClN3O2/c1-25-12-10-22(11-13-25)26-19(17-4-3-5-20(27-2)21(17)28-22)14-18(24-26)15-6-8-16(23)9-7-15/h3-9,19H,10-14H2,1-2H3/p+1/t19-/m1/s1. The van der Waals surface area contributed by atoms with Gasteiger partial charge in [0.25, 0.3) is 0 Å². The second-order valence-corrected chi connectivity index (χ2v) is 8.44. The van der Waals surface area contributed by atoms with Crippen molar-refractivity contribution in [3.8, 4) is 11.5 Å². The summed E-state index contributed by atoms with van der Waals surface area (Å²) in [6.07, 6.45) is 2.75. The predicted molar refractivity (Wildman–Crippen MR) is 109 cm³/mol.